The summed E-state index contributed by atoms with van der Waals surface area (Å²) >= 11 is 3.26. The molecule has 2 heterocycles. The minimum absolute atomic E-state index is 0.226. The third-order valence-corrected chi connectivity index (χ3v) is 6.15. The summed E-state index contributed by atoms with van der Waals surface area (Å²) in [6.45, 7) is 9.00. The Morgan fingerprint density at radius 1 is 1.32 bits per heavy atom. The first-order valence-corrected chi connectivity index (χ1v) is 9.48. The highest BCUT2D eigenvalue weighted by atomic mass is 32.2. The Bertz CT molecular complexity index is 722. The Kier molecular flexibility index (Phi) is 4.41. The molecule has 1 amide bonds. The van der Waals surface area contributed by atoms with E-state index in [2.05, 4.69) is 30.7 Å². The fraction of sp³-hybridized carbons (Fsp3) is 0.562. The highest BCUT2D eigenvalue weighted by Gasteiger charge is 2.31. The molecule has 0 atom stereocenters. The first-order chi connectivity index (χ1) is 10.5. The molecule has 0 aliphatic heterocycles. The molecule has 0 N–H and O–H groups in total. The van der Waals surface area contributed by atoms with E-state index in [4.69, 9.17) is 0 Å². The van der Waals surface area contributed by atoms with Crippen LogP contribution in [0.3, 0.4) is 0 Å². The summed E-state index contributed by atoms with van der Waals surface area (Å²) in [5, 5.41) is 2.07. The summed E-state index contributed by atoms with van der Waals surface area (Å²) in [6, 6.07) is 0.482. The molecule has 0 saturated heterocycles. The molecule has 3 rings (SSSR count). The quantitative estimate of drug-likeness (QED) is 0.617. The lowest BCUT2D eigenvalue weighted by atomic mass is 10.2. The van der Waals surface area contributed by atoms with Gasteiger partial charge in [-0.2, -0.15) is 0 Å². The van der Waals surface area contributed by atoms with E-state index in [9.17, 15) is 4.79 Å². The van der Waals surface area contributed by atoms with Crippen LogP contribution in [-0.2, 0) is 4.79 Å². The molecule has 22 heavy (non-hydrogen) atoms. The highest BCUT2D eigenvalue weighted by molar-refractivity contribution is 8.00. The van der Waals surface area contributed by atoms with Crippen LogP contribution in [0.15, 0.2) is 5.03 Å². The van der Waals surface area contributed by atoms with Crippen LogP contribution >= 0.6 is 23.1 Å². The van der Waals surface area contributed by atoms with Crippen LogP contribution in [0.2, 0.25) is 0 Å². The molecule has 1 saturated carbocycles. The van der Waals surface area contributed by atoms with Crippen LogP contribution < -0.4 is 0 Å². The molecule has 0 spiro atoms. The maximum atomic E-state index is 12.4. The third-order valence-electron chi connectivity index (χ3n) is 4.09. The van der Waals surface area contributed by atoms with Gasteiger partial charge in [0.2, 0.25) is 5.91 Å². The molecule has 118 valence electrons. The number of hydrogen-bond donors (Lipinski definition) is 0. The Balaban J connectivity index is 1.82. The van der Waals surface area contributed by atoms with Gasteiger partial charge in [0.25, 0.3) is 0 Å². The zero-order chi connectivity index (χ0) is 15.9. The van der Waals surface area contributed by atoms with Crippen molar-refractivity contribution in [2.75, 3.05) is 12.3 Å². The maximum Gasteiger partial charge on any atom is 0.233 e. The number of thioether (sulfide) groups is 1. The zero-order valence-electron chi connectivity index (χ0n) is 13.5. The number of carbonyl (C=O) groups is 1. The number of nitrogens with zero attached hydrogens (tertiary/aromatic N) is 3. The summed E-state index contributed by atoms with van der Waals surface area (Å²) in [5.74, 6) is 1.46. The van der Waals surface area contributed by atoms with Crippen molar-refractivity contribution >= 4 is 39.2 Å². The van der Waals surface area contributed by atoms with Gasteiger partial charge in [-0.05, 0) is 46.1 Å². The van der Waals surface area contributed by atoms with Crippen LogP contribution in [0.5, 0.6) is 0 Å². The predicted molar refractivity (Wildman–Crippen MR) is 92.8 cm³/mol. The first-order valence-electron chi connectivity index (χ1n) is 7.67. The molecule has 2 aromatic heterocycles. The number of aromatic nitrogens is 2. The van der Waals surface area contributed by atoms with Gasteiger partial charge >= 0.3 is 0 Å². The minimum Gasteiger partial charge on any atom is -0.339 e. The monoisotopic (exact) mass is 335 g/mol. The lowest BCUT2D eigenvalue weighted by molar-refractivity contribution is -0.128. The Morgan fingerprint density at radius 2 is 2.05 bits per heavy atom. The van der Waals surface area contributed by atoms with Gasteiger partial charge in [-0.3, -0.25) is 4.79 Å². The minimum atomic E-state index is 0.226. The van der Waals surface area contributed by atoms with Crippen LogP contribution in [0.1, 0.15) is 36.0 Å². The van der Waals surface area contributed by atoms with Crippen molar-refractivity contribution in [3.05, 3.63) is 16.3 Å². The molecule has 2 aromatic rings. The Morgan fingerprint density at radius 3 is 2.68 bits per heavy atom. The maximum absolute atomic E-state index is 12.4. The highest BCUT2D eigenvalue weighted by Crippen LogP contribution is 2.35. The predicted octanol–water partition coefficient (Wildman–Crippen LogP) is 3.72. The fourth-order valence-electron chi connectivity index (χ4n) is 2.66. The molecular formula is C16H21N3OS2. The fourth-order valence-corrected chi connectivity index (χ4v) is 4.81. The molecule has 6 heteroatoms. The molecule has 0 unspecified atom stereocenters. The number of aryl methyl sites for hydroxylation is 3. The SMILES string of the molecule is CCN(C(=O)CSc1nc(C)nc2sc(C)c(C)c12)C1CC1. The Labute approximate surface area is 139 Å². The standard InChI is InChI=1S/C16H21N3OS2/c1-5-19(12-6-7-12)13(20)8-21-15-14-9(2)10(3)22-16(14)18-11(4)17-15/h12H,5-8H2,1-4H3. The van der Waals surface area contributed by atoms with Gasteiger partial charge in [-0.15, -0.1) is 11.3 Å². The number of hydrogen-bond acceptors (Lipinski definition) is 5. The van der Waals surface area contributed by atoms with Crippen molar-refractivity contribution in [1.29, 1.82) is 0 Å². The average Bonchev–Trinajstić information content (AvgIpc) is 3.25. The summed E-state index contributed by atoms with van der Waals surface area (Å²) in [4.78, 5) is 25.8. The summed E-state index contributed by atoms with van der Waals surface area (Å²) < 4.78 is 0. The average molecular weight is 335 g/mol. The largest absolute Gasteiger partial charge is 0.339 e. The molecule has 4 nitrogen and oxygen atoms in total. The van der Waals surface area contributed by atoms with Crippen molar-refractivity contribution < 1.29 is 4.79 Å². The number of rotatable bonds is 5. The molecule has 1 aliphatic rings. The van der Waals surface area contributed by atoms with Crippen LogP contribution in [0.4, 0.5) is 0 Å². The lowest BCUT2D eigenvalue weighted by Crippen LogP contribution is -2.34. The third kappa shape index (κ3) is 2.99. The van der Waals surface area contributed by atoms with Crippen molar-refractivity contribution in [1.82, 2.24) is 14.9 Å². The van der Waals surface area contributed by atoms with E-state index in [1.165, 1.54) is 10.4 Å². The van der Waals surface area contributed by atoms with Gasteiger partial charge in [0.05, 0.1) is 5.75 Å². The molecule has 1 fully saturated rings. The lowest BCUT2D eigenvalue weighted by Gasteiger charge is -2.20. The van der Waals surface area contributed by atoms with Crippen molar-refractivity contribution in [3.63, 3.8) is 0 Å². The number of thiophene rings is 1. The van der Waals surface area contributed by atoms with Crippen LogP contribution in [0, 0.1) is 20.8 Å². The van der Waals surface area contributed by atoms with Gasteiger partial charge < -0.3 is 4.90 Å². The number of carbonyl (C=O) groups excluding carboxylic acids is 1. The second-order valence-electron chi connectivity index (χ2n) is 5.74. The molecule has 0 aromatic carbocycles. The molecular weight excluding hydrogens is 314 g/mol. The van der Waals surface area contributed by atoms with E-state index in [1.54, 1.807) is 23.1 Å². The van der Waals surface area contributed by atoms with E-state index < -0.39 is 0 Å². The van der Waals surface area contributed by atoms with E-state index in [0.717, 1.165) is 40.5 Å². The normalized spacial score (nSPS) is 14.5. The van der Waals surface area contributed by atoms with Gasteiger partial charge in [-0.25, -0.2) is 9.97 Å². The second kappa shape index (κ2) is 6.16. The second-order valence-corrected chi connectivity index (χ2v) is 7.91. The van der Waals surface area contributed by atoms with E-state index >= 15 is 0 Å². The number of fused-ring (bicyclic) bond motifs is 1. The van der Waals surface area contributed by atoms with Crippen molar-refractivity contribution in [2.45, 2.75) is 51.6 Å². The topological polar surface area (TPSA) is 46.1 Å². The molecule has 1 aliphatic carbocycles. The first kappa shape index (κ1) is 15.7. The van der Waals surface area contributed by atoms with Crippen LogP contribution in [-0.4, -0.2) is 39.1 Å². The Hall–Kier alpha value is -1.14. The summed E-state index contributed by atoms with van der Waals surface area (Å²) in [7, 11) is 0. The van der Waals surface area contributed by atoms with Crippen molar-refractivity contribution in [2.24, 2.45) is 0 Å². The van der Waals surface area contributed by atoms with Gasteiger partial charge in [0, 0.05) is 22.8 Å². The van der Waals surface area contributed by atoms with E-state index in [0.29, 0.717) is 11.8 Å². The summed E-state index contributed by atoms with van der Waals surface area (Å²) in [5.41, 5.74) is 1.24. The zero-order valence-corrected chi connectivity index (χ0v) is 15.1. The molecule has 0 bridgehead atoms. The van der Waals surface area contributed by atoms with Gasteiger partial charge in [0.15, 0.2) is 0 Å². The van der Waals surface area contributed by atoms with E-state index in [-0.39, 0.29) is 5.91 Å². The summed E-state index contributed by atoms with van der Waals surface area (Å²) in [6.07, 6.45) is 2.31. The number of amides is 1. The molecule has 0 radical (unpaired) electrons. The van der Waals surface area contributed by atoms with E-state index in [1.807, 2.05) is 11.8 Å². The smallest absolute Gasteiger partial charge is 0.233 e. The van der Waals surface area contributed by atoms with Crippen LogP contribution in [0.25, 0.3) is 10.2 Å². The van der Waals surface area contributed by atoms with Gasteiger partial charge in [-0.1, -0.05) is 11.8 Å². The van der Waals surface area contributed by atoms with Crippen molar-refractivity contribution in [3.8, 4) is 0 Å². The van der Waals surface area contributed by atoms with Gasteiger partial charge in [0.1, 0.15) is 15.7 Å².